The Morgan fingerprint density at radius 3 is 2.65 bits per heavy atom. The molecule has 0 bridgehead atoms. The molecule has 0 aliphatic heterocycles. The van der Waals surface area contributed by atoms with Crippen molar-refractivity contribution in [2.75, 3.05) is 11.1 Å². The van der Waals surface area contributed by atoms with Crippen LogP contribution in [0.25, 0.3) is 0 Å². The number of carbonyl (C=O) groups is 1. The summed E-state index contributed by atoms with van der Waals surface area (Å²) in [6.45, 7) is 0. The van der Waals surface area contributed by atoms with Gasteiger partial charge in [-0.05, 0) is 24.3 Å². The molecule has 1 aromatic rings. The van der Waals surface area contributed by atoms with Crippen molar-refractivity contribution in [2.45, 2.75) is 6.42 Å². The summed E-state index contributed by atoms with van der Waals surface area (Å²) < 4.78 is 0. The molecule has 0 aliphatic rings. The standard InChI is InChI=1S/C11H12N4OS/c12-7-8-1-3-9(4-2-8)15-10(16)5-6-17-11(13)14/h1-4H,5-6H2,(H3,13,14)(H,15,16). The van der Waals surface area contributed by atoms with Crippen molar-refractivity contribution in [2.24, 2.45) is 5.73 Å². The van der Waals surface area contributed by atoms with E-state index < -0.39 is 0 Å². The molecule has 1 rings (SSSR count). The second-order valence-corrected chi connectivity index (χ2v) is 4.34. The van der Waals surface area contributed by atoms with E-state index in [4.69, 9.17) is 16.4 Å². The van der Waals surface area contributed by atoms with E-state index in [2.05, 4.69) is 5.32 Å². The maximum absolute atomic E-state index is 11.4. The van der Waals surface area contributed by atoms with Crippen molar-refractivity contribution in [3.05, 3.63) is 29.8 Å². The minimum absolute atomic E-state index is 0.0103. The third kappa shape index (κ3) is 5.04. The average Bonchev–Trinajstić information content (AvgIpc) is 2.29. The van der Waals surface area contributed by atoms with Crippen LogP contribution in [0.1, 0.15) is 12.0 Å². The molecular formula is C11H12N4OS. The number of nitrogens with one attached hydrogen (secondary N) is 2. The molecule has 0 radical (unpaired) electrons. The Morgan fingerprint density at radius 1 is 1.47 bits per heavy atom. The lowest BCUT2D eigenvalue weighted by atomic mass is 10.2. The Bertz CT molecular complexity index is 450. The molecular weight excluding hydrogens is 236 g/mol. The van der Waals surface area contributed by atoms with E-state index in [9.17, 15) is 4.79 Å². The molecule has 0 aromatic heterocycles. The first-order valence-corrected chi connectivity index (χ1v) is 5.87. The molecule has 0 atom stereocenters. The largest absolute Gasteiger partial charge is 0.379 e. The zero-order chi connectivity index (χ0) is 12.7. The van der Waals surface area contributed by atoms with Crippen LogP contribution in [0.4, 0.5) is 5.69 Å². The van der Waals surface area contributed by atoms with E-state index in [0.29, 0.717) is 23.4 Å². The number of carbonyl (C=O) groups excluding carboxylic acids is 1. The predicted molar refractivity (Wildman–Crippen MR) is 68.8 cm³/mol. The van der Waals surface area contributed by atoms with E-state index in [1.165, 1.54) is 0 Å². The van der Waals surface area contributed by atoms with Gasteiger partial charge in [-0.2, -0.15) is 5.26 Å². The van der Waals surface area contributed by atoms with Crippen molar-refractivity contribution in [3.63, 3.8) is 0 Å². The SMILES string of the molecule is N#Cc1ccc(NC(=O)CCSC(=N)N)cc1. The van der Waals surface area contributed by atoms with Gasteiger partial charge in [-0.15, -0.1) is 0 Å². The van der Waals surface area contributed by atoms with Gasteiger partial charge in [-0.3, -0.25) is 10.2 Å². The minimum Gasteiger partial charge on any atom is -0.379 e. The molecule has 4 N–H and O–H groups in total. The Hall–Kier alpha value is -2.00. The maximum Gasteiger partial charge on any atom is 0.225 e. The summed E-state index contributed by atoms with van der Waals surface area (Å²) in [5.41, 5.74) is 6.35. The van der Waals surface area contributed by atoms with Crippen LogP contribution in [-0.4, -0.2) is 16.8 Å². The van der Waals surface area contributed by atoms with E-state index in [-0.39, 0.29) is 11.1 Å². The molecule has 0 aliphatic carbocycles. The van der Waals surface area contributed by atoms with Crippen molar-refractivity contribution in [1.29, 1.82) is 10.7 Å². The van der Waals surface area contributed by atoms with Crippen LogP contribution in [0.3, 0.4) is 0 Å². The fourth-order valence-corrected chi connectivity index (χ4v) is 1.61. The second-order valence-electron chi connectivity index (χ2n) is 3.20. The highest BCUT2D eigenvalue weighted by molar-refractivity contribution is 8.13. The number of anilines is 1. The summed E-state index contributed by atoms with van der Waals surface area (Å²) in [6.07, 6.45) is 0.296. The van der Waals surface area contributed by atoms with Gasteiger partial charge in [0.1, 0.15) is 0 Å². The third-order valence-electron chi connectivity index (χ3n) is 1.88. The fraction of sp³-hybridized carbons (Fsp3) is 0.182. The van der Waals surface area contributed by atoms with Crippen LogP contribution in [0.2, 0.25) is 0 Å². The third-order valence-corrected chi connectivity index (χ3v) is 2.60. The molecule has 0 unspecified atom stereocenters. The molecule has 5 nitrogen and oxygen atoms in total. The van der Waals surface area contributed by atoms with Gasteiger partial charge in [0.2, 0.25) is 5.91 Å². The summed E-state index contributed by atoms with van der Waals surface area (Å²) in [5.74, 6) is 0.348. The molecule has 0 fully saturated rings. The highest BCUT2D eigenvalue weighted by atomic mass is 32.2. The molecule has 0 saturated carbocycles. The van der Waals surface area contributed by atoms with Crippen molar-refractivity contribution >= 4 is 28.5 Å². The first kappa shape index (κ1) is 13.1. The molecule has 1 amide bonds. The van der Waals surface area contributed by atoms with E-state index in [1.54, 1.807) is 24.3 Å². The number of nitriles is 1. The minimum atomic E-state index is -0.136. The van der Waals surface area contributed by atoms with Crippen molar-refractivity contribution in [1.82, 2.24) is 0 Å². The van der Waals surface area contributed by atoms with Crippen LogP contribution in [0, 0.1) is 16.7 Å². The van der Waals surface area contributed by atoms with Gasteiger partial charge < -0.3 is 11.1 Å². The lowest BCUT2D eigenvalue weighted by Gasteiger charge is -2.04. The predicted octanol–water partition coefficient (Wildman–Crippen LogP) is 1.51. The molecule has 0 heterocycles. The highest BCUT2D eigenvalue weighted by Gasteiger charge is 2.03. The van der Waals surface area contributed by atoms with Crippen LogP contribution < -0.4 is 11.1 Å². The normalized spacial score (nSPS) is 9.35. The lowest BCUT2D eigenvalue weighted by Crippen LogP contribution is -2.13. The summed E-state index contributed by atoms with van der Waals surface area (Å²) in [6, 6.07) is 8.63. The van der Waals surface area contributed by atoms with E-state index >= 15 is 0 Å². The number of amidine groups is 1. The van der Waals surface area contributed by atoms with Gasteiger partial charge >= 0.3 is 0 Å². The van der Waals surface area contributed by atoms with Gasteiger partial charge in [0, 0.05) is 17.9 Å². The number of nitrogens with zero attached hydrogens (tertiary/aromatic N) is 1. The number of rotatable bonds is 4. The van der Waals surface area contributed by atoms with E-state index in [1.807, 2.05) is 6.07 Å². The first-order chi connectivity index (χ1) is 8.11. The highest BCUT2D eigenvalue weighted by Crippen LogP contribution is 2.10. The topological polar surface area (TPSA) is 103 Å². The zero-order valence-electron chi connectivity index (χ0n) is 9.06. The second kappa shape index (κ2) is 6.55. The molecule has 6 heteroatoms. The maximum atomic E-state index is 11.4. The van der Waals surface area contributed by atoms with Gasteiger partial charge in [-0.25, -0.2) is 0 Å². The summed E-state index contributed by atoms with van der Waals surface area (Å²) in [7, 11) is 0. The number of nitrogens with two attached hydrogens (primary N) is 1. The Labute approximate surface area is 104 Å². The number of hydrogen-bond acceptors (Lipinski definition) is 4. The van der Waals surface area contributed by atoms with Crippen LogP contribution >= 0.6 is 11.8 Å². The smallest absolute Gasteiger partial charge is 0.225 e. The van der Waals surface area contributed by atoms with Crippen LogP contribution in [0.5, 0.6) is 0 Å². The molecule has 0 saturated heterocycles. The Morgan fingerprint density at radius 2 is 2.12 bits per heavy atom. The van der Waals surface area contributed by atoms with Gasteiger partial charge in [0.25, 0.3) is 0 Å². The quantitative estimate of drug-likeness (QED) is 0.555. The number of hydrogen-bond donors (Lipinski definition) is 3. The molecule has 0 spiro atoms. The lowest BCUT2D eigenvalue weighted by molar-refractivity contribution is -0.115. The Balaban J connectivity index is 2.40. The fourth-order valence-electron chi connectivity index (χ4n) is 1.11. The molecule has 17 heavy (non-hydrogen) atoms. The summed E-state index contributed by atoms with van der Waals surface area (Å²) in [4.78, 5) is 11.4. The van der Waals surface area contributed by atoms with Crippen LogP contribution in [-0.2, 0) is 4.79 Å². The molecule has 88 valence electrons. The van der Waals surface area contributed by atoms with Gasteiger partial charge in [0.15, 0.2) is 5.17 Å². The van der Waals surface area contributed by atoms with Crippen LogP contribution in [0.15, 0.2) is 24.3 Å². The van der Waals surface area contributed by atoms with E-state index in [0.717, 1.165) is 11.8 Å². The van der Waals surface area contributed by atoms with Crippen molar-refractivity contribution in [3.8, 4) is 6.07 Å². The summed E-state index contributed by atoms with van der Waals surface area (Å²) >= 11 is 1.13. The first-order valence-electron chi connectivity index (χ1n) is 4.88. The number of thioether (sulfide) groups is 1. The van der Waals surface area contributed by atoms with Gasteiger partial charge in [0.05, 0.1) is 11.6 Å². The Kier molecular flexibility index (Phi) is 5.04. The molecule has 1 aromatic carbocycles. The average molecular weight is 248 g/mol. The summed E-state index contributed by atoms with van der Waals surface area (Å²) in [5, 5.41) is 18.3. The number of amides is 1. The zero-order valence-corrected chi connectivity index (χ0v) is 9.88. The monoisotopic (exact) mass is 248 g/mol. The van der Waals surface area contributed by atoms with Crippen molar-refractivity contribution < 1.29 is 4.79 Å². The number of benzene rings is 1. The van der Waals surface area contributed by atoms with Gasteiger partial charge in [-0.1, -0.05) is 11.8 Å².